The van der Waals surface area contributed by atoms with Crippen LogP contribution < -0.4 is 16.8 Å². The van der Waals surface area contributed by atoms with Gasteiger partial charge in [-0.3, -0.25) is 10.6 Å². The number of hydrogen-bond acceptors (Lipinski definition) is 3. The van der Waals surface area contributed by atoms with Gasteiger partial charge in [-0.15, -0.1) is 0 Å². The Morgan fingerprint density at radius 2 is 2.14 bits per heavy atom. The third-order valence-corrected chi connectivity index (χ3v) is 2.33. The van der Waals surface area contributed by atoms with Crippen LogP contribution in [-0.4, -0.2) is 4.98 Å². The van der Waals surface area contributed by atoms with Gasteiger partial charge < -0.3 is 10.4 Å². The van der Waals surface area contributed by atoms with Crippen LogP contribution in [0.2, 0.25) is 5.02 Å². The predicted octanol–water partition coefficient (Wildman–Crippen LogP) is 1.47. The number of anilines is 1. The van der Waals surface area contributed by atoms with Gasteiger partial charge in [0.15, 0.2) is 0 Å². The van der Waals surface area contributed by atoms with Crippen molar-refractivity contribution in [1.82, 2.24) is 4.98 Å². The zero-order chi connectivity index (χ0) is 10.1. The van der Waals surface area contributed by atoms with Gasteiger partial charge in [0.1, 0.15) is 0 Å². The van der Waals surface area contributed by atoms with Gasteiger partial charge in [0, 0.05) is 22.7 Å². The predicted molar refractivity (Wildman–Crippen MR) is 57.4 cm³/mol. The molecule has 0 radical (unpaired) electrons. The molecule has 0 saturated carbocycles. The normalized spacial score (nSPS) is 10.4. The van der Waals surface area contributed by atoms with Crippen molar-refractivity contribution in [2.24, 2.45) is 5.84 Å². The molecular weight excluding hydrogens is 202 g/mol. The SMILES string of the molecule is NNc1ccc2c(=O)[nH]cc(Cl)c2c1. The van der Waals surface area contributed by atoms with Crippen molar-refractivity contribution < 1.29 is 0 Å². The molecule has 4 nitrogen and oxygen atoms in total. The average molecular weight is 210 g/mol. The summed E-state index contributed by atoms with van der Waals surface area (Å²) in [6.07, 6.45) is 1.46. The molecule has 5 heteroatoms. The molecule has 2 rings (SSSR count). The van der Waals surface area contributed by atoms with Gasteiger partial charge in [-0.25, -0.2) is 0 Å². The smallest absolute Gasteiger partial charge is 0.255 e. The monoisotopic (exact) mass is 209 g/mol. The Labute approximate surface area is 84.7 Å². The molecule has 0 aliphatic rings. The third kappa shape index (κ3) is 1.34. The van der Waals surface area contributed by atoms with Crippen LogP contribution in [0.15, 0.2) is 29.2 Å². The minimum atomic E-state index is -0.159. The maximum Gasteiger partial charge on any atom is 0.255 e. The Morgan fingerprint density at radius 1 is 1.36 bits per heavy atom. The Kier molecular flexibility index (Phi) is 2.15. The second-order valence-electron chi connectivity index (χ2n) is 2.87. The number of fused-ring (bicyclic) bond motifs is 1. The zero-order valence-electron chi connectivity index (χ0n) is 7.17. The molecule has 1 aromatic carbocycles. The quantitative estimate of drug-likeness (QED) is 0.492. The molecule has 0 aliphatic carbocycles. The topological polar surface area (TPSA) is 70.9 Å². The van der Waals surface area contributed by atoms with E-state index in [9.17, 15) is 4.79 Å². The van der Waals surface area contributed by atoms with E-state index in [4.69, 9.17) is 17.4 Å². The van der Waals surface area contributed by atoms with Crippen molar-refractivity contribution in [2.75, 3.05) is 5.43 Å². The lowest BCUT2D eigenvalue weighted by Crippen LogP contribution is -2.08. The number of hydrogen-bond donors (Lipinski definition) is 3. The van der Waals surface area contributed by atoms with Crippen LogP contribution in [-0.2, 0) is 0 Å². The molecule has 0 bridgehead atoms. The van der Waals surface area contributed by atoms with Crippen LogP contribution in [0, 0.1) is 0 Å². The number of aromatic nitrogens is 1. The number of nitrogen functional groups attached to an aromatic ring is 1. The van der Waals surface area contributed by atoms with E-state index in [1.54, 1.807) is 18.2 Å². The van der Waals surface area contributed by atoms with E-state index in [1.165, 1.54) is 6.20 Å². The Balaban J connectivity index is 2.87. The van der Waals surface area contributed by atoms with Gasteiger partial charge in [0.25, 0.3) is 5.56 Å². The molecule has 4 N–H and O–H groups in total. The van der Waals surface area contributed by atoms with Gasteiger partial charge in [-0.05, 0) is 18.2 Å². The van der Waals surface area contributed by atoms with Crippen LogP contribution in [0.25, 0.3) is 10.8 Å². The average Bonchev–Trinajstić information content (AvgIpc) is 2.23. The lowest BCUT2D eigenvalue weighted by atomic mass is 10.1. The van der Waals surface area contributed by atoms with E-state index in [0.29, 0.717) is 21.5 Å². The third-order valence-electron chi connectivity index (χ3n) is 2.02. The Bertz CT molecular complexity index is 535. The van der Waals surface area contributed by atoms with Crippen LogP contribution in [0.5, 0.6) is 0 Å². The Hall–Kier alpha value is -1.52. The second-order valence-corrected chi connectivity index (χ2v) is 3.28. The Morgan fingerprint density at radius 3 is 2.86 bits per heavy atom. The van der Waals surface area contributed by atoms with E-state index >= 15 is 0 Å². The summed E-state index contributed by atoms with van der Waals surface area (Å²) < 4.78 is 0. The van der Waals surface area contributed by atoms with Crippen LogP contribution in [0.3, 0.4) is 0 Å². The highest BCUT2D eigenvalue weighted by molar-refractivity contribution is 6.35. The summed E-state index contributed by atoms with van der Waals surface area (Å²) in [6, 6.07) is 5.12. The lowest BCUT2D eigenvalue weighted by Gasteiger charge is -2.03. The first kappa shape index (κ1) is 9.05. The fourth-order valence-corrected chi connectivity index (χ4v) is 1.52. The first-order valence-electron chi connectivity index (χ1n) is 4.00. The molecule has 1 heterocycles. The van der Waals surface area contributed by atoms with E-state index in [0.717, 1.165) is 0 Å². The number of benzene rings is 1. The molecule has 14 heavy (non-hydrogen) atoms. The summed E-state index contributed by atoms with van der Waals surface area (Å²) in [5.74, 6) is 5.25. The number of aromatic amines is 1. The fourth-order valence-electron chi connectivity index (χ4n) is 1.31. The van der Waals surface area contributed by atoms with Gasteiger partial charge in [0.05, 0.1) is 5.02 Å². The van der Waals surface area contributed by atoms with E-state index in [-0.39, 0.29) is 5.56 Å². The summed E-state index contributed by atoms with van der Waals surface area (Å²) in [6.45, 7) is 0. The number of H-pyrrole nitrogens is 1. The molecule has 0 fully saturated rings. The number of pyridine rings is 1. The van der Waals surface area contributed by atoms with Crippen molar-refractivity contribution in [2.45, 2.75) is 0 Å². The molecule has 0 unspecified atom stereocenters. The molecule has 1 aromatic heterocycles. The van der Waals surface area contributed by atoms with Crippen LogP contribution in [0.1, 0.15) is 0 Å². The van der Waals surface area contributed by atoms with Crippen LogP contribution >= 0.6 is 11.6 Å². The van der Waals surface area contributed by atoms with Crippen molar-refractivity contribution in [1.29, 1.82) is 0 Å². The molecule has 0 saturated heterocycles. The standard InChI is InChI=1S/C9H8ClN3O/c10-8-4-12-9(14)6-2-1-5(13-11)3-7(6)8/h1-4,13H,11H2,(H,12,14). The van der Waals surface area contributed by atoms with Crippen molar-refractivity contribution >= 4 is 28.1 Å². The van der Waals surface area contributed by atoms with Gasteiger partial charge >= 0.3 is 0 Å². The summed E-state index contributed by atoms with van der Waals surface area (Å²) in [5, 5.41) is 1.74. The molecule has 0 atom stereocenters. The molecule has 0 amide bonds. The number of nitrogens with two attached hydrogens (primary N) is 1. The van der Waals surface area contributed by atoms with E-state index in [1.807, 2.05) is 0 Å². The number of nitrogens with one attached hydrogen (secondary N) is 2. The summed E-state index contributed by atoms with van der Waals surface area (Å²) in [4.78, 5) is 13.9. The second kappa shape index (κ2) is 3.32. The van der Waals surface area contributed by atoms with E-state index in [2.05, 4.69) is 10.4 Å². The molecule has 2 aromatic rings. The lowest BCUT2D eigenvalue weighted by molar-refractivity contribution is 1.27. The zero-order valence-corrected chi connectivity index (χ0v) is 7.93. The minimum absolute atomic E-state index is 0.159. The highest BCUT2D eigenvalue weighted by atomic mass is 35.5. The summed E-state index contributed by atoms with van der Waals surface area (Å²) in [7, 11) is 0. The fraction of sp³-hybridized carbons (Fsp3) is 0. The largest absolute Gasteiger partial charge is 0.327 e. The number of halogens is 1. The maximum absolute atomic E-state index is 11.4. The molecular formula is C9H8ClN3O. The summed E-state index contributed by atoms with van der Waals surface area (Å²) >= 11 is 5.92. The molecule has 0 aliphatic heterocycles. The minimum Gasteiger partial charge on any atom is -0.327 e. The van der Waals surface area contributed by atoms with Crippen molar-refractivity contribution in [3.05, 3.63) is 39.8 Å². The van der Waals surface area contributed by atoms with Gasteiger partial charge in [-0.2, -0.15) is 0 Å². The first-order valence-corrected chi connectivity index (χ1v) is 4.38. The highest BCUT2D eigenvalue weighted by Crippen LogP contribution is 2.22. The van der Waals surface area contributed by atoms with Crippen molar-refractivity contribution in [3.63, 3.8) is 0 Å². The first-order chi connectivity index (χ1) is 6.72. The number of rotatable bonds is 1. The van der Waals surface area contributed by atoms with E-state index < -0.39 is 0 Å². The van der Waals surface area contributed by atoms with Crippen molar-refractivity contribution in [3.8, 4) is 0 Å². The highest BCUT2D eigenvalue weighted by Gasteiger charge is 2.03. The van der Waals surface area contributed by atoms with Gasteiger partial charge in [0.2, 0.25) is 0 Å². The molecule has 72 valence electrons. The number of hydrazine groups is 1. The van der Waals surface area contributed by atoms with Gasteiger partial charge in [-0.1, -0.05) is 11.6 Å². The van der Waals surface area contributed by atoms with Crippen LogP contribution in [0.4, 0.5) is 5.69 Å². The maximum atomic E-state index is 11.4. The molecule has 0 spiro atoms. The summed E-state index contributed by atoms with van der Waals surface area (Å²) in [5.41, 5.74) is 3.05.